The first-order valence-corrected chi connectivity index (χ1v) is 7.65. The molecule has 126 valence electrons. The topological polar surface area (TPSA) is 67.4 Å². The van der Waals surface area contributed by atoms with Gasteiger partial charge in [0.1, 0.15) is 5.82 Å². The van der Waals surface area contributed by atoms with E-state index in [0.29, 0.717) is 36.4 Å². The van der Waals surface area contributed by atoms with E-state index in [-0.39, 0.29) is 5.82 Å². The van der Waals surface area contributed by atoms with Crippen LogP contribution in [0.25, 0.3) is 0 Å². The van der Waals surface area contributed by atoms with Gasteiger partial charge in [-0.3, -0.25) is 0 Å². The highest BCUT2D eigenvalue weighted by atomic mass is 19.1. The highest BCUT2D eigenvalue weighted by molar-refractivity contribution is 5.92. The van der Waals surface area contributed by atoms with E-state index in [1.54, 1.807) is 49.4 Å². The van der Waals surface area contributed by atoms with Crippen molar-refractivity contribution in [2.24, 2.45) is 0 Å². The molecule has 5 nitrogen and oxygen atoms in total. The van der Waals surface area contributed by atoms with Gasteiger partial charge in [-0.1, -0.05) is 18.2 Å². The van der Waals surface area contributed by atoms with Gasteiger partial charge >= 0.3 is 12.0 Å². The van der Waals surface area contributed by atoms with Gasteiger partial charge in [0.25, 0.3) is 0 Å². The van der Waals surface area contributed by atoms with Gasteiger partial charge in [-0.25, -0.2) is 14.0 Å². The maximum absolute atomic E-state index is 13.5. The molecule has 0 fully saturated rings. The number of carbonyl (C=O) groups excluding carboxylic acids is 2. The van der Waals surface area contributed by atoms with Gasteiger partial charge in [0, 0.05) is 12.2 Å². The number of carbonyl (C=O) groups is 2. The summed E-state index contributed by atoms with van der Waals surface area (Å²) < 4.78 is 18.3. The average molecular weight is 330 g/mol. The second kappa shape index (κ2) is 8.67. The summed E-state index contributed by atoms with van der Waals surface area (Å²) in [6, 6.07) is 12.4. The van der Waals surface area contributed by atoms with Crippen LogP contribution in [-0.4, -0.2) is 25.2 Å². The summed E-state index contributed by atoms with van der Waals surface area (Å²) in [6.45, 7) is 2.36. The molecule has 0 saturated carbocycles. The molecule has 0 radical (unpaired) electrons. The van der Waals surface area contributed by atoms with Crippen LogP contribution in [0.3, 0.4) is 0 Å². The summed E-state index contributed by atoms with van der Waals surface area (Å²) >= 11 is 0. The lowest BCUT2D eigenvalue weighted by Gasteiger charge is -2.09. The molecule has 0 aliphatic heterocycles. The van der Waals surface area contributed by atoms with Crippen LogP contribution in [0.1, 0.15) is 22.8 Å². The molecule has 2 aromatic rings. The Kier molecular flexibility index (Phi) is 6.31. The van der Waals surface area contributed by atoms with Crippen LogP contribution in [0.15, 0.2) is 48.5 Å². The van der Waals surface area contributed by atoms with Crippen molar-refractivity contribution in [1.29, 1.82) is 0 Å². The fourth-order valence-corrected chi connectivity index (χ4v) is 2.09. The maximum atomic E-state index is 13.5. The van der Waals surface area contributed by atoms with E-state index in [1.165, 1.54) is 6.07 Å². The summed E-state index contributed by atoms with van der Waals surface area (Å²) in [4.78, 5) is 23.3. The number of hydrogen-bond donors (Lipinski definition) is 2. The largest absolute Gasteiger partial charge is 0.462 e. The average Bonchev–Trinajstić information content (AvgIpc) is 2.57. The molecule has 2 amide bonds. The molecule has 2 N–H and O–H groups in total. The maximum Gasteiger partial charge on any atom is 0.338 e. The van der Waals surface area contributed by atoms with Crippen molar-refractivity contribution in [3.63, 3.8) is 0 Å². The van der Waals surface area contributed by atoms with Crippen LogP contribution in [0.4, 0.5) is 14.9 Å². The van der Waals surface area contributed by atoms with E-state index in [0.717, 1.165) is 0 Å². The third-order valence-electron chi connectivity index (χ3n) is 3.29. The van der Waals surface area contributed by atoms with Gasteiger partial charge < -0.3 is 15.4 Å². The van der Waals surface area contributed by atoms with Gasteiger partial charge in [-0.05, 0) is 49.2 Å². The minimum absolute atomic E-state index is 0.283. The number of esters is 1. The van der Waals surface area contributed by atoms with Gasteiger partial charge in [-0.2, -0.15) is 0 Å². The molecule has 0 unspecified atom stereocenters. The first kappa shape index (κ1) is 17.5. The predicted octanol–water partition coefficient (Wildman–Crippen LogP) is 3.37. The Balaban J connectivity index is 1.80. The Morgan fingerprint density at radius 1 is 1.08 bits per heavy atom. The number of amides is 2. The number of hydrogen-bond acceptors (Lipinski definition) is 3. The van der Waals surface area contributed by atoms with Gasteiger partial charge in [0.2, 0.25) is 0 Å². The molecule has 0 aliphatic rings. The van der Waals surface area contributed by atoms with Crippen molar-refractivity contribution in [1.82, 2.24) is 5.32 Å². The Labute approximate surface area is 139 Å². The van der Waals surface area contributed by atoms with Crippen molar-refractivity contribution in [3.8, 4) is 0 Å². The standard InChI is InChI=1S/C18H19FN2O3/c1-2-24-17(22)14-7-9-15(10-8-14)21-18(23)20-12-11-13-5-3-4-6-16(13)19/h3-10H,2,11-12H2,1H3,(H2,20,21,23). The molecule has 24 heavy (non-hydrogen) atoms. The molecule has 0 atom stereocenters. The van der Waals surface area contributed by atoms with Crippen LogP contribution < -0.4 is 10.6 Å². The normalized spacial score (nSPS) is 10.1. The minimum atomic E-state index is -0.404. The second-order valence-corrected chi connectivity index (χ2v) is 5.02. The van der Waals surface area contributed by atoms with E-state index in [4.69, 9.17) is 4.74 Å². The summed E-state index contributed by atoms with van der Waals surface area (Å²) in [5.74, 6) is -0.687. The smallest absolute Gasteiger partial charge is 0.338 e. The number of halogens is 1. The molecule has 0 spiro atoms. The van der Waals surface area contributed by atoms with Gasteiger partial charge in [0.05, 0.1) is 12.2 Å². The lowest BCUT2D eigenvalue weighted by atomic mass is 10.1. The SMILES string of the molecule is CCOC(=O)c1ccc(NC(=O)NCCc2ccccc2F)cc1. The summed E-state index contributed by atoms with van der Waals surface area (Å²) in [7, 11) is 0. The van der Waals surface area contributed by atoms with Crippen molar-refractivity contribution >= 4 is 17.7 Å². The highest BCUT2D eigenvalue weighted by Gasteiger charge is 2.07. The van der Waals surface area contributed by atoms with Crippen LogP contribution >= 0.6 is 0 Å². The minimum Gasteiger partial charge on any atom is -0.462 e. The lowest BCUT2D eigenvalue weighted by molar-refractivity contribution is 0.0526. The van der Waals surface area contributed by atoms with Gasteiger partial charge in [-0.15, -0.1) is 0 Å². The van der Waals surface area contributed by atoms with Crippen LogP contribution in [-0.2, 0) is 11.2 Å². The van der Waals surface area contributed by atoms with Crippen LogP contribution in [0.5, 0.6) is 0 Å². The van der Waals surface area contributed by atoms with E-state index in [2.05, 4.69) is 10.6 Å². The third kappa shape index (κ3) is 5.08. The van der Waals surface area contributed by atoms with Crippen molar-refractivity contribution in [3.05, 3.63) is 65.5 Å². The number of nitrogens with one attached hydrogen (secondary N) is 2. The fourth-order valence-electron chi connectivity index (χ4n) is 2.09. The molecule has 0 aliphatic carbocycles. The fraction of sp³-hybridized carbons (Fsp3) is 0.222. The van der Waals surface area contributed by atoms with E-state index in [1.807, 2.05) is 0 Å². The van der Waals surface area contributed by atoms with Crippen molar-refractivity contribution < 1.29 is 18.7 Å². The lowest BCUT2D eigenvalue weighted by Crippen LogP contribution is -2.30. The molecule has 2 rings (SSSR count). The quantitative estimate of drug-likeness (QED) is 0.798. The predicted molar refractivity (Wildman–Crippen MR) is 89.5 cm³/mol. The molecule has 0 saturated heterocycles. The summed E-state index contributed by atoms with van der Waals surface area (Å²) in [5, 5.41) is 5.30. The number of benzene rings is 2. The first-order chi connectivity index (χ1) is 11.6. The number of rotatable bonds is 6. The zero-order chi connectivity index (χ0) is 17.4. The van der Waals surface area contributed by atoms with E-state index >= 15 is 0 Å². The Hall–Kier alpha value is -2.89. The van der Waals surface area contributed by atoms with Crippen LogP contribution in [0, 0.1) is 5.82 Å². The van der Waals surface area contributed by atoms with Crippen molar-refractivity contribution in [2.75, 3.05) is 18.5 Å². The van der Waals surface area contributed by atoms with E-state index in [9.17, 15) is 14.0 Å². The Morgan fingerprint density at radius 2 is 1.79 bits per heavy atom. The molecule has 0 heterocycles. The monoisotopic (exact) mass is 330 g/mol. The second-order valence-electron chi connectivity index (χ2n) is 5.02. The highest BCUT2D eigenvalue weighted by Crippen LogP contribution is 2.10. The first-order valence-electron chi connectivity index (χ1n) is 7.65. The summed E-state index contributed by atoms with van der Waals surface area (Å²) in [5.41, 5.74) is 1.52. The number of anilines is 1. The number of urea groups is 1. The van der Waals surface area contributed by atoms with Gasteiger partial charge in [0.15, 0.2) is 0 Å². The molecule has 0 bridgehead atoms. The molecular weight excluding hydrogens is 311 g/mol. The van der Waals surface area contributed by atoms with Crippen LogP contribution in [0.2, 0.25) is 0 Å². The Morgan fingerprint density at radius 3 is 2.46 bits per heavy atom. The summed E-state index contributed by atoms with van der Waals surface area (Å²) in [6.07, 6.45) is 0.405. The van der Waals surface area contributed by atoms with E-state index < -0.39 is 12.0 Å². The zero-order valence-electron chi connectivity index (χ0n) is 13.3. The molecule has 2 aromatic carbocycles. The number of ether oxygens (including phenoxy) is 1. The Bertz CT molecular complexity index is 702. The van der Waals surface area contributed by atoms with Crippen molar-refractivity contribution in [2.45, 2.75) is 13.3 Å². The third-order valence-corrected chi connectivity index (χ3v) is 3.29. The zero-order valence-corrected chi connectivity index (χ0v) is 13.3. The molecule has 6 heteroatoms. The molecule has 0 aromatic heterocycles. The molecular formula is C18H19FN2O3.